The minimum atomic E-state index is -4.63. The zero-order valence-electron chi connectivity index (χ0n) is 21.6. The van der Waals surface area contributed by atoms with Gasteiger partial charge in [0.05, 0.1) is 28.8 Å². The Morgan fingerprint density at radius 2 is 1.92 bits per heavy atom. The van der Waals surface area contributed by atoms with E-state index in [1.165, 1.54) is 31.2 Å². The first-order chi connectivity index (χ1) is 18.6. The Morgan fingerprint density at radius 1 is 1.13 bits per heavy atom. The molecule has 2 aromatic carbocycles. The zero-order valence-corrected chi connectivity index (χ0v) is 22.4. The number of rotatable bonds is 9. The van der Waals surface area contributed by atoms with E-state index in [-0.39, 0.29) is 12.5 Å². The van der Waals surface area contributed by atoms with Crippen molar-refractivity contribution < 1.29 is 26.3 Å². The molecule has 0 bridgehead atoms. The van der Waals surface area contributed by atoms with Crippen LogP contribution in [0, 0.1) is 0 Å². The van der Waals surface area contributed by atoms with Crippen molar-refractivity contribution in [1.29, 1.82) is 0 Å². The van der Waals surface area contributed by atoms with Crippen LogP contribution in [0.3, 0.4) is 0 Å². The van der Waals surface area contributed by atoms with Crippen molar-refractivity contribution >= 4 is 10.0 Å². The van der Waals surface area contributed by atoms with Crippen LogP contribution in [0.25, 0.3) is 0 Å². The third-order valence-corrected chi connectivity index (χ3v) is 8.84. The molecule has 1 unspecified atom stereocenters. The van der Waals surface area contributed by atoms with Crippen LogP contribution in [0.4, 0.5) is 13.2 Å². The largest absolute Gasteiger partial charge is 0.493 e. The lowest BCUT2D eigenvalue weighted by atomic mass is 9.98. The minimum absolute atomic E-state index is 0.0658. The van der Waals surface area contributed by atoms with Gasteiger partial charge in [-0.25, -0.2) is 17.8 Å². The Hall–Kier alpha value is -2.96. The molecule has 2 heterocycles. The Kier molecular flexibility index (Phi) is 7.97. The predicted octanol–water partition coefficient (Wildman–Crippen LogP) is 4.61. The SMILES string of the molecule is C[C@@H](Cc1cn(C2CCOc3cc(CNC4CCCC4)ccc32)nn1)NS(=O)(=O)c1cccc(C(F)(F)F)c1. The Bertz CT molecular complexity index is 1400. The second-order valence-corrected chi connectivity index (χ2v) is 12.0. The van der Waals surface area contributed by atoms with E-state index >= 15 is 0 Å². The number of fused-ring (bicyclic) bond motifs is 1. The van der Waals surface area contributed by atoms with Crippen LogP contribution in [0.15, 0.2) is 53.6 Å². The molecule has 5 rings (SSSR count). The van der Waals surface area contributed by atoms with Crippen LogP contribution >= 0.6 is 0 Å². The van der Waals surface area contributed by atoms with Gasteiger partial charge in [0.25, 0.3) is 0 Å². The van der Waals surface area contributed by atoms with Crippen molar-refractivity contribution in [3.05, 3.63) is 71.0 Å². The van der Waals surface area contributed by atoms with Gasteiger partial charge in [0.1, 0.15) is 5.75 Å². The maximum Gasteiger partial charge on any atom is 0.416 e. The normalized spacial score (nSPS) is 19.0. The van der Waals surface area contributed by atoms with Gasteiger partial charge in [-0.05, 0) is 49.6 Å². The topological polar surface area (TPSA) is 98.1 Å². The Labute approximate surface area is 226 Å². The molecule has 2 aliphatic rings. The number of nitrogens with one attached hydrogen (secondary N) is 2. The summed E-state index contributed by atoms with van der Waals surface area (Å²) < 4.78 is 74.7. The van der Waals surface area contributed by atoms with E-state index < -0.39 is 32.7 Å². The van der Waals surface area contributed by atoms with Gasteiger partial charge < -0.3 is 10.1 Å². The van der Waals surface area contributed by atoms with E-state index in [1.54, 1.807) is 17.8 Å². The van der Waals surface area contributed by atoms with Gasteiger partial charge in [-0.1, -0.05) is 36.3 Å². The molecule has 0 spiro atoms. The van der Waals surface area contributed by atoms with Crippen LogP contribution in [-0.2, 0) is 29.2 Å². The molecule has 3 aromatic rings. The Balaban J connectivity index is 1.23. The monoisotopic (exact) mass is 563 g/mol. The van der Waals surface area contributed by atoms with Crippen molar-refractivity contribution in [2.24, 2.45) is 0 Å². The number of hydrogen-bond acceptors (Lipinski definition) is 6. The maximum absolute atomic E-state index is 13.0. The Morgan fingerprint density at radius 3 is 2.69 bits per heavy atom. The summed E-state index contributed by atoms with van der Waals surface area (Å²) in [5.74, 6) is 0.830. The lowest BCUT2D eigenvalue weighted by molar-refractivity contribution is -0.137. The van der Waals surface area contributed by atoms with Crippen LogP contribution in [0.1, 0.15) is 67.5 Å². The highest BCUT2D eigenvalue weighted by Crippen LogP contribution is 2.35. The third kappa shape index (κ3) is 6.62. The highest BCUT2D eigenvalue weighted by atomic mass is 32.2. The van der Waals surface area contributed by atoms with E-state index in [2.05, 4.69) is 38.6 Å². The first-order valence-corrected chi connectivity index (χ1v) is 14.7. The summed E-state index contributed by atoms with van der Waals surface area (Å²) in [6.45, 7) is 2.97. The molecule has 8 nitrogen and oxygen atoms in total. The van der Waals surface area contributed by atoms with E-state index in [0.717, 1.165) is 36.1 Å². The van der Waals surface area contributed by atoms with Crippen molar-refractivity contribution in [1.82, 2.24) is 25.0 Å². The molecule has 210 valence electrons. The summed E-state index contributed by atoms with van der Waals surface area (Å²) in [6, 6.07) is 9.83. The van der Waals surface area contributed by atoms with E-state index in [4.69, 9.17) is 4.74 Å². The highest BCUT2D eigenvalue weighted by molar-refractivity contribution is 7.89. The number of nitrogens with zero attached hydrogens (tertiary/aromatic N) is 3. The molecule has 0 radical (unpaired) electrons. The molecular formula is C27H32F3N5O3S. The molecule has 1 aromatic heterocycles. The van der Waals surface area contributed by atoms with Crippen molar-refractivity contribution in [3.8, 4) is 5.75 Å². The van der Waals surface area contributed by atoms with Crippen LogP contribution in [0.2, 0.25) is 0 Å². The average molecular weight is 564 g/mol. The smallest absolute Gasteiger partial charge is 0.416 e. The molecule has 1 fully saturated rings. The van der Waals surface area contributed by atoms with E-state index in [0.29, 0.717) is 30.8 Å². The number of sulfonamides is 1. The number of benzene rings is 2. The lowest BCUT2D eigenvalue weighted by Crippen LogP contribution is -2.34. The van der Waals surface area contributed by atoms with Gasteiger partial charge >= 0.3 is 6.18 Å². The number of aromatic nitrogens is 3. The number of alkyl halides is 3. The summed E-state index contributed by atoms with van der Waals surface area (Å²) >= 11 is 0. The second kappa shape index (κ2) is 11.3. The summed E-state index contributed by atoms with van der Waals surface area (Å²) in [5.41, 5.74) is 1.73. The summed E-state index contributed by atoms with van der Waals surface area (Å²) in [5, 5.41) is 12.1. The molecule has 1 saturated carbocycles. The van der Waals surface area contributed by atoms with Crippen molar-refractivity contribution in [3.63, 3.8) is 0 Å². The molecular weight excluding hydrogens is 531 g/mol. The molecule has 2 N–H and O–H groups in total. The number of hydrogen-bond donors (Lipinski definition) is 2. The van der Waals surface area contributed by atoms with Gasteiger partial charge in [-0.3, -0.25) is 0 Å². The number of ether oxygens (including phenoxy) is 1. The molecule has 0 amide bonds. The predicted molar refractivity (Wildman–Crippen MR) is 139 cm³/mol. The molecule has 1 aliphatic heterocycles. The molecule has 2 atom stereocenters. The second-order valence-electron chi connectivity index (χ2n) is 10.3. The first-order valence-electron chi connectivity index (χ1n) is 13.2. The van der Waals surface area contributed by atoms with Crippen LogP contribution in [0.5, 0.6) is 5.75 Å². The zero-order chi connectivity index (χ0) is 27.6. The maximum atomic E-state index is 13.0. The summed E-state index contributed by atoms with van der Waals surface area (Å²) in [7, 11) is -4.16. The standard InChI is InChI=1S/C27H32F3N5O3S/c1-18(33-39(36,37)23-8-4-5-20(15-23)27(28,29)30)13-22-17-35(34-32-22)25-11-12-38-26-14-19(9-10-24(25)26)16-31-21-6-2-3-7-21/h4-5,8-10,14-15,17-18,21,25,31,33H,2-3,6-7,11-13,16H2,1H3/t18-,25?/m0/s1. The average Bonchev–Trinajstić information content (AvgIpc) is 3.58. The quantitative estimate of drug-likeness (QED) is 0.395. The van der Waals surface area contributed by atoms with Gasteiger partial charge in [0.15, 0.2) is 0 Å². The fourth-order valence-corrected chi connectivity index (χ4v) is 6.57. The molecule has 39 heavy (non-hydrogen) atoms. The van der Waals surface area contributed by atoms with Crippen molar-refractivity contribution in [2.75, 3.05) is 6.61 Å². The van der Waals surface area contributed by atoms with Gasteiger partial charge in [0, 0.05) is 43.2 Å². The minimum Gasteiger partial charge on any atom is -0.493 e. The van der Waals surface area contributed by atoms with Crippen LogP contribution in [-0.4, -0.2) is 42.1 Å². The van der Waals surface area contributed by atoms with Gasteiger partial charge in [0.2, 0.25) is 10.0 Å². The fraction of sp³-hybridized carbons (Fsp3) is 0.481. The summed E-state index contributed by atoms with van der Waals surface area (Å²) in [6.07, 6.45) is 3.11. The van der Waals surface area contributed by atoms with E-state index in [9.17, 15) is 21.6 Å². The molecule has 0 saturated heterocycles. The highest BCUT2D eigenvalue weighted by Gasteiger charge is 2.32. The van der Waals surface area contributed by atoms with Gasteiger partial charge in [-0.15, -0.1) is 5.10 Å². The summed E-state index contributed by atoms with van der Waals surface area (Å²) in [4.78, 5) is -0.440. The first kappa shape index (κ1) is 27.6. The third-order valence-electron chi connectivity index (χ3n) is 7.26. The lowest BCUT2D eigenvalue weighted by Gasteiger charge is -2.26. The number of halogens is 3. The molecule has 1 aliphatic carbocycles. The van der Waals surface area contributed by atoms with Crippen LogP contribution < -0.4 is 14.8 Å². The van der Waals surface area contributed by atoms with Gasteiger partial charge in [-0.2, -0.15) is 13.2 Å². The van der Waals surface area contributed by atoms with E-state index in [1.807, 2.05) is 0 Å². The van der Waals surface area contributed by atoms with Crippen molar-refractivity contribution in [2.45, 2.75) is 81.2 Å². The molecule has 12 heteroatoms. The fourth-order valence-electron chi connectivity index (χ4n) is 5.28.